The molecule has 0 N–H and O–H groups in total. The van der Waals surface area contributed by atoms with Crippen molar-refractivity contribution < 1.29 is 9.53 Å². The highest BCUT2D eigenvalue weighted by Crippen LogP contribution is 2.22. The Hall–Kier alpha value is -3.06. The number of carbonyl (C=O) groups excluding carboxylic acids is 1. The monoisotopic (exact) mass is 276 g/mol. The summed E-state index contributed by atoms with van der Waals surface area (Å²) in [6.07, 6.45) is 1.94. The van der Waals surface area contributed by atoms with Crippen molar-refractivity contribution in [3.63, 3.8) is 0 Å². The second-order valence-electron chi connectivity index (χ2n) is 4.61. The molecule has 0 aliphatic rings. The van der Waals surface area contributed by atoms with Crippen molar-refractivity contribution in [2.75, 3.05) is 7.11 Å². The molecule has 0 radical (unpaired) electrons. The molecule has 0 saturated carbocycles. The van der Waals surface area contributed by atoms with E-state index < -0.39 is 0 Å². The van der Waals surface area contributed by atoms with Gasteiger partial charge in [-0.15, -0.1) is 0 Å². The van der Waals surface area contributed by atoms with Crippen LogP contribution in [0.25, 0.3) is 16.6 Å². The van der Waals surface area contributed by atoms with E-state index in [-0.39, 0.29) is 5.97 Å². The van der Waals surface area contributed by atoms with Crippen LogP contribution in [-0.4, -0.2) is 17.6 Å². The number of hydrogen-bond donors (Lipinski definition) is 0. The second kappa shape index (κ2) is 5.14. The molecule has 21 heavy (non-hydrogen) atoms. The Morgan fingerprint density at radius 1 is 1.14 bits per heavy atom. The molecule has 2 aromatic carbocycles. The van der Waals surface area contributed by atoms with Crippen LogP contribution in [0.5, 0.6) is 0 Å². The summed E-state index contributed by atoms with van der Waals surface area (Å²) in [5.41, 5.74) is 3.12. The molecule has 0 aliphatic heterocycles. The molecule has 1 heterocycles. The van der Waals surface area contributed by atoms with Gasteiger partial charge in [-0.1, -0.05) is 0 Å². The normalized spacial score (nSPS) is 10.3. The van der Waals surface area contributed by atoms with Gasteiger partial charge in [0.1, 0.15) is 0 Å². The van der Waals surface area contributed by atoms with Crippen molar-refractivity contribution in [2.45, 2.75) is 0 Å². The molecule has 0 atom stereocenters. The van der Waals surface area contributed by atoms with Crippen LogP contribution in [0.2, 0.25) is 0 Å². The molecular formula is C17H12N2O2. The Balaban J connectivity index is 2.08. The van der Waals surface area contributed by atoms with Gasteiger partial charge >= 0.3 is 5.97 Å². The number of carbonyl (C=O) groups is 1. The fourth-order valence-electron chi connectivity index (χ4n) is 2.31. The zero-order valence-corrected chi connectivity index (χ0v) is 11.4. The first-order chi connectivity index (χ1) is 10.2. The van der Waals surface area contributed by atoms with Crippen molar-refractivity contribution in [3.05, 3.63) is 65.9 Å². The largest absolute Gasteiger partial charge is 0.465 e. The zero-order chi connectivity index (χ0) is 14.8. The number of ether oxygens (including phenoxy) is 1. The summed E-state index contributed by atoms with van der Waals surface area (Å²) in [4.78, 5) is 11.5. The quantitative estimate of drug-likeness (QED) is 0.675. The second-order valence-corrected chi connectivity index (χ2v) is 4.61. The van der Waals surface area contributed by atoms with Gasteiger partial charge < -0.3 is 9.30 Å². The molecule has 0 saturated heterocycles. The Morgan fingerprint density at radius 3 is 2.57 bits per heavy atom. The van der Waals surface area contributed by atoms with E-state index in [0.717, 1.165) is 16.6 Å². The molecule has 0 unspecified atom stereocenters. The van der Waals surface area contributed by atoms with Crippen LogP contribution in [-0.2, 0) is 4.74 Å². The van der Waals surface area contributed by atoms with Gasteiger partial charge in [0.15, 0.2) is 0 Å². The van der Waals surface area contributed by atoms with Crippen LogP contribution < -0.4 is 0 Å². The van der Waals surface area contributed by atoms with Gasteiger partial charge in [0.05, 0.1) is 29.8 Å². The molecule has 4 heteroatoms. The molecule has 3 rings (SSSR count). The van der Waals surface area contributed by atoms with Gasteiger partial charge in [0, 0.05) is 17.3 Å². The van der Waals surface area contributed by atoms with Crippen LogP contribution in [0.1, 0.15) is 15.9 Å². The fourth-order valence-corrected chi connectivity index (χ4v) is 2.31. The third-order valence-electron chi connectivity index (χ3n) is 3.39. The van der Waals surface area contributed by atoms with Gasteiger partial charge in [-0.3, -0.25) is 0 Å². The van der Waals surface area contributed by atoms with E-state index in [1.54, 1.807) is 24.3 Å². The minimum atomic E-state index is -0.344. The molecule has 0 amide bonds. The van der Waals surface area contributed by atoms with Crippen LogP contribution in [0.15, 0.2) is 54.7 Å². The molecule has 0 fully saturated rings. The van der Waals surface area contributed by atoms with Crippen LogP contribution in [0, 0.1) is 11.3 Å². The summed E-state index contributed by atoms with van der Waals surface area (Å²) < 4.78 is 6.74. The standard InChI is InChI=1S/C17H12N2O2/c1-21-17(20)14-4-7-16-13(10-14)8-9-19(16)15-5-2-12(11-18)3-6-15/h2-10H,1H3. The molecule has 0 aliphatic carbocycles. The Bertz CT molecular complexity index is 855. The first-order valence-corrected chi connectivity index (χ1v) is 6.43. The molecule has 0 bridgehead atoms. The van der Waals surface area contributed by atoms with Crippen LogP contribution in [0.4, 0.5) is 0 Å². The SMILES string of the molecule is COC(=O)c1ccc2c(ccn2-c2ccc(C#N)cc2)c1. The summed E-state index contributed by atoms with van der Waals surface area (Å²) in [6.45, 7) is 0. The third kappa shape index (κ3) is 2.26. The van der Waals surface area contributed by atoms with Crippen molar-refractivity contribution in [1.29, 1.82) is 5.26 Å². The Kier molecular flexibility index (Phi) is 3.17. The van der Waals surface area contributed by atoms with Gasteiger partial charge in [-0.2, -0.15) is 5.26 Å². The van der Waals surface area contributed by atoms with E-state index in [0.29, 0.717) is 11.1 Å². The number of nitrogens with zero attached hydrogens (tertiary/aromatic N) is 2. The third-order valence-corrected chi connectivity index (χ3v) is 3.39. The van der Waals surface area contributed by atoms with E-state index in [4.69, 9.17) is 10.00 Å². The molecule has 102 valence electrons. The average Bonchev–Trinajstić information content (AvgIpc) is 2.97. The summed E-state index contributed by atoms with van der Waals surface area (Å²) in [6, 6.07) is 16.8. The smallest absolute Gasteiger partial charge is 0.337 e. The number of esters is 1. The number of hydrogen-bond acceptors (Lipinski definition) is 3. The maximum atomic E-state index is 11.5. The summed E-state index contributed by atoms with van der Waals surface area (Å²) in [5, 5.41) is 9.80. The first kappa shape index (κ1) is 12.9. The van der Waals surface area contributed by atoms with Gasteiger partial charge in [-0.25, -0.2) is 4.79 Å². The lowest BCUT2D eigenvalue weighted by Crippen LogP contribution is -2.00. The lowest BCUT2D eigenvalue weighted by Gasteiger charge is -2.06. The molecule has 3 aromatic rings. The minimum Gasteiger partial charge on any atom is -0.465 e. The van der Waals surface area contributed by atoms with Crippen molar-refractivity contribution >= 4 is 16.9 Å². The maximum Gasteiger partial charge on any atom is 0.337 e. The lowest BCUT2D eigenvalue weighted by atomic mass is 10.1. The number of aromatic nitrogens is 1. The van der Waals surface area contributed by atoms with E-state index in [1.165, 1.54) is 7.11 Å². The number of nitriles is 1. The van der Waals surface area contributed by atoms with E-state index in [1.807, 2.05) is 35.0 Å². The van der Waals surface area contributed by atoms with Crippen molar-refractivity contribution in [3.8, 4) is 11.8 Å². The topological polar surface area (TPSA) is 55.0 Å². The predicted molar refractivity (Wildman–Crippen MR) is 79.3 cm³/mol. The van der Waals surface area contributed by atoms with Crippen molar-refractivity contribution in [1.82, 2.24) is 4.57 Å². The zero-order valence-electron chi connectivity index (χ0n) is 11.4. The summed E-state index contributed by atoms with van der Waals surface area (Å²) in [7, 11) is 1.37. The van der Waals surface area contributed by atoms with Gasteiger partial charge in [0.2, 0.25) is 0 Å². The van der Waals surface area contributed by atoms with Crippen molar-refractivity contribution in [2.24, 2.45) is 0 Å². The predicted octanol–water partition coefficient (Wildman–Crippen LogP) is 3.29. The number of fused-ring (bicyclic) bond motifs is 1. The van der Waals surface area contributed by atoms with E-state index in [2.05, 4.69) is 6.07 Å². The van der Waals surface area contributed by atoms with Gasteiger partial charge in [0.25, 0.3) is 0 Å². The number of benzene rings is 2. The minimum absolute atomic E-state index is 0.344. The van der Waals surface area contributed by atoms with Crippen LogP contribution in [0.3, 0.4) is 0 Å². The first-order valence-electron chi connectivity index (χ1n) is 6.43. The molecular weight excluding hydrogens is 264 g/mol. The van der Waals surface area contributed by atoms with E-state index >= 15 is 0 Å². The lowest BCUT2D eigenvalue weighted by molar-refractivity contribution is 0.0601. The number of methoxy groups -OCH3 is 1. The molecule has 0 spiro atoms. The Morgan fingerprint density at radius 2 is 1.90 bits per heavy atom. The number of rotatable bonds is 2. The van der Waals surface area contributed by atoms with Gasteiger partial charge in [-0.05, 0) is 48.5 Å². The molecule has 1 aromatic heterocycles. The molecule has 4 nitrogen and oxygen atoms in total. The average molecular weight is 276 g/mol. The summed E-state index contributed by atoms with van der Waals surface area (Å²) in [5.74, 6) is -0.344. The Labute approximate surface area is 121 Å². The highest BCUT2D eigenvalue weighted by atomic mass is 16.5. The fraction of sp³-hybridized carbons (Fsp3) is 0.0588. The highest BCUT2D eigenvalue weighted by molar-refractivity contribution is 5.95. The summed E-state index contributed by atoms with van der Waals surface area (Å²) >= 11 is 0. The van der Waals surface area contributed by atoms with E-state index in [9.17, 15) is 4.79 Å². The maximum absolute atomic E-state index is 11.5. The highest BCUT2D eigenvalue weighted by Gasteiger charge is 2.09. The van der Waals surface area contributed by atoms with Crippen LogP contribution >= 0.6 is 0 Å².